The van der Waals surface area contributed by atoms with Crippen LogP contribution < -0.4 is 24.4 Å². The van der Waals surface area contributed by atoms with Gasteiger partial charge in [0.25, 0.3) is 5.56 Å². The molecule has 3 aromatic rings. The quantitative estimate of drug-likeness (QED) is 0.481. The van der Waals surface area contributed by atoms with Crippen molar-refractivity contribution in [3.05, 3.63) is 77.1 Å². The van der Waals surface area contributed by atoms with Crippen molar-refractivity contribution in [1.82, 2.24) is 4.57 Å². The number of thiophene rings is 1. The summed E-state index contributed by atoms with van der Waals surface area (Å²) in [5, 5.41) is 1.96. The molecule has 1 aromatic carbocycles. The molecule has 1 atom stereocenters. The summed E-state index contributed by atoms with van der Waals surface area (Å²) >= 11 is 2.86. The molecular formula is C24H24N2O5S2. The summed E-state index contributed by atoms with van der Waals surface area (Å²) in [6.45, 7) is 6.07. The first-order chi connectivity index (χ1) is 16.0. The number of hydrogen-bond acceptors (Lipinski definition) is 8. The third-order valence-corrected chi connectivity index (χ3v) is 6.94. The molecule has 9 heteroatoms. The number of rotatable bonds is 7. The Bertz CT molecular complexity index is 1380. The molecule has 0 aliphatic carbocycles. The van der Waals surface area contributed by atoms with Gasteiger partial charge in [0.1, 0.15) is 0 Å². The molecule has 7 nitrogen and oxygen atoms in total. The van der Waals surface area contributed by atoms with E-state index < -0.39 is 12.0 Å². The third kappa shape index (κ3) is 4.38. The van der Waals surface area contributed by atoms with E-state index >= 15 is 0 Å². The maximum absolute atomic E-state index is 13.5. The van der Waals surface area contributed by atoms with Gasteiger partial charge in [-0.15, -0.1) is 11.3 Å². The van der Waals surface area contributed by atoms with Crippen LogP contribution in [-0.2, 0) is 9.53 Å². The number of carbonyl (C=O) groups excluding carboxylic acids is 1. The van der Waals surface area contributed by atoms with Crippen LogP contribution in [0.25, 0.3) is 6.08 Å². The molecule has 0 amide bonds. The summed E-state index contributed by atoms with van der Waals surface area (Å²) < 4.78 is 18.6. The van der Waals surface area contributed by atoms with E-state index in [9.17, 15) is 9.59 Å². The minimum atomic E-state index is -0.698. The van der Waals surface area contributed by atoms with Crippen LogP contribution in [-0.4, -0.2) is 30.9 Å². The second-order valence-electron chi connectivity index (χ2n) is 7.16. The summed E-state index contributed by atoms with van der Waals surface area (Å²) in [5.74, 6) is 0.616. The normalized spacial score (nSPS) is 15.8. The number of thiazole rings is 1. The minimum absolute atomic E-state index is 0.208. The minimum Gasteiger partial charge on any atom is -0.493 e. The Hall–Kier alpha value is -3.17. The maximum atomic E-state index is 13.5. The second kappa shape index (κ2) is 9.76. The molecule has 3 heterocycles. The number of aromatic nitrogens is 1. The maximum Gasteiger partial charge on any atom is 0.338 e. The van der Waals surface area contributed by atoms with E-state index in [0.717, 1.165) is 4.88 Å². The molecule has 0 saturated heterocycles. The third-order valence-electron chi connectivity index (χ3n) is 5.14. The van der Waals surface area contributed by atoms with Gasteiger partial charge in [0.2, 0.25) is 0 Å². The van der Waals surface area contributed by atoms with Crippen LogP contribution in [0, 0.1) is 0 Å². The topological polar surface area (TPSA) is 79.1 Å². The van der Waals surface area contributed by atoms with Crippen LogP contribution in [0.1, 0.15) is 37.3 Å². The van der Waals surface area contributed by atoms with E-state index in [2.05, 4.69) is 4.99 Å². The average molecular weight is 485 g/mol. The van der Waals surface area contributed by atoms with Crippen molar-refractivity contribution < 1.29 is 19.0 Å². The van der Waals surface area contributed by atoms with Crippen molar-refractivity contribution in [2.75, 3.05) is 20.3 Å². The van der Waals surface area contributed by atoms with Crippen molar-refractivity contribution in [1.29, 1.82) is 0 Å². The fourth-order valence-electron chi connectivity index (χ4n) is 3.74. The second-order valence-corrected chi connectivity index (χ2v) is 9.15. The molecular weight excluding hydrogens is 460 g/mol. The predicted molar refractivity (Wildman–Crippen MR) is 129 cm³/mol. The van der Waals surface area contributed by atoms with E-state index in [0.29, 0.717) is 44.3 Å². The summed E-state index contributed by atoms with van der Waals surface area (Å²) in [6, 6.07) is 8.61. The molecule has 2 aromatic heterocycles. The van der Waals surface area contributed by atoms with Gasteiger partial charge < -0.3 is 14.2 Å². The predicted octanol–water partition coefficient (Wildman–Crippen LogP) is 3.27. The number of ether oxygens (including phenoxy) is 3. The number of nitrogens with zero attached hydrogens (tertiary/aromatic N) is 2. The van der Waals surface area contributed by atoms with Gasteiger partial charge in [-0.3, -0.25) is 9.36 Å². The van der Waals surface area contributed by atoms with Crippen LogP contribution in [0.15, 0.2) is 56.8 Å². The van der Waals surface area contributed by atoms with E-state index in [4.69, 9.17) is 14.2 Å². The van der Waals surface area contributed by atoms with Crippen LogP contribution in [0.5, 0.6) is 11.5 Å². The Morgan fingerprint density at radius 3 is 2.70 bits per heavy atom. The molecule has 1 aliphatic rings. The Morgan fingerprint density at radius 2 is 2.03 bits per heavy atom. The number of hydrogen-bond donors (Lipinski definition) is 0. The molecule has 4 rings (SSSR count). The highest BCUT2D eigenvalue weighted by atomic mass is 32.1. The van der Waals surface area contributed by atoms with E-state index in [1.807, 2.05) is 36.6 Å². The first-order valence-corrected chi connectivity index (χ1v) is 12.2. The lowest BCUT2D eigenvalue weighted by Gasteiger charge is -2.25. The zero-order valence-corrected chi connectivity index (χ0v) is 20.4. The van der Waals surface area contributed by atoms with Crippen LogP contribution in [0.2, 0.25) is 0 Å². The van der Waals surface area contributed by atoms with E-state index in [-0.39, 0.29) is 12.2 Å². The monoisotopic (exact) mass is 484 g/mol. The first-order valence-electron chi connectivity index (χ1n) is 10.5. The zero-order valence-electron chi connectivity index (χ0n) is 18.8. The van der Waals surface area contributed by atoms with Gasteiger partial charge in [0, 0.05) is 4.88 Å². The van der Waals surface area contributed by atoms with Crippen molar-refractivity contribution in [3.8, 4) is 11.5 Å². The van der Waals surface area contributed by atoms with Gasteiger partial charge in [-0.25, -0.2) is 9.79 Å². The van der Waals surface area contributed by atoms with Gasteiger partial charge in [-0.05, 0) is 56.0 Å². The molecule has 0 N–H and O–H groups in total. The largest absolute Gasteiger partial charge is 0.493 e. The number of carbonyl (C=O) groups is 1. The fourth-order valence-corrected chi connectivity index (χ4v) is 5.51. The Kier molecular flexibility index (Phi) is 6.80. The lowest BCUT2D eigenvalue weighted by molar-refractivity contribution is -0.139. The van der Waals surface area contributed by atoms with Gasteiger partial charge in [0.05, 0.1) is 42.2 Å². The van der Waals surface area contributed by atoms with E-state index in [1.165, 1.54) is 11.3 Å². The molecule has 0 saturated carbocycles. The highest BCUT2D eigenvalue weighted by molar-refractivity contribution is 7.11. The molecule has 1 aliphatic heterocycles. The standard InChI is InChI=1S/C24H24N2O5S2/c1-5-30-18-12-15(9-10-17(18)29-4)21-20(23(28)31-6-2)14(3)25-24-26(21)22(27)19(33-24)13-16-8-7-11-32-16/h7-13,21H,5-6H2,1-4H3/b19-13-/t21-/m0/s1. The van der Waals surface area contributed by atoms with Crippen molar-refractivity contribution in [2.24, 2.45) is 4.99 Å². The molecule has 0 fully saturated rings. The summed E-state index contributed by atoms with van der Waals surface area (Å²) in [5.41, 5.74) is 1.36. The van der Waals surface area contributed by atoms with Crippen molar-refractivity contribution in [2.45, 2.75) is 26.8 Å². The summed E-state index contributed by atoms with van der Waals surface area (Å²) in [6.07, 6.45) is 1.86. The Morgan fingerprint density at radius 1 is 1.21 bits per heavy atom. The number of methoxy groups -OCH3 is 1. The van der Waals surface area contributed by atoms with Gasteiger partial charge in [0.15, 0.2) is 16.3 Å². The Balaban J connectivity index is 1.97. The smallest absolute Gasteiger partial charge is 0.338 e. The average Bonchev–Trinajstić information content (AvgIpc) is 3.41. The molecule has 33 heavy (non-hydrogen) atoms. The van der Waals surface area contributed by atoms with Crippen LogP contribution >= 0.6 is 22.7 Å². The fraction of sp³-hybridized carbons (Fsp3) is 0.292. The van der Waals surface area contributed by atoms with Gasteiger partial charge in [-0.2, -0.15) is 0 Å². The van der Waals surface area contributed by atoms with Crippen molar-refractivity contribution >= 4 is 34.7 Å². The first kappa shape index (κ1) is 23.0. The highest BCUT2D eigenvalue weighted by Gasteiger charge is 2.33. The molecule has 0 bridgehead atoms. The Labute approximate surface area is 198 Å². The molecule has 0 radical (unpaired) electrons. The summed E-state index contributed by atoms with van der Waals surface area (Å²) in [4.78, 5) is 32.6. The summed E-state index contributed by atoms with van der Waals surface area (Å²) in [7, 11) is 1.57. The molecule has 0 spiro atoms. The van der Waals surface area contributed by atoms with Crippen molar-refractivity contribution in [3.63, 3.8) is 0 Å². The van der Waals surface area contributed by atoms with E-state index in [1.54, 1.807) is 49.0 Å². The number of fused-ring (bicyclic) bond motifs is 1. The molecule has 172 valence electrons. The lowest BCUT2D eigenvalue weighted by Crippen LogP contribution is -2.39. The van der Waals surface area contributed by atoms with Gasteiger partial charge >= 0.3 is 5.97 Å². The number of benzene rings is 1. The van der Waals surface area contributed by atoms with Crippen LogP contribution in [0.4, 0.5) is 0 Å². The van der Waals surface area contributed by atoms with Crippen LogP contribution in [0.3, 0.4) is 0 Å². The SMILES string of the molecule is CCOC(=O)C1=C(C)N=c2s/c(=C\c3cccs3)c(=O)n2[C@H]1c1ccc(OC)c(OCC)c1. The number of esters is 1. The number of allylic oxidation sites excluding steroid dienone is 1. The zero-order chi connectivity index (χ0) is 23.5. The lowest BCUT2D eigenvalue weighted by atomic mass is 9.95. The molecule has 0 unspecified atom stereocenters. The highest BCUT2D eigenvalue weighted by Crippen LogP contribution is 2.36. The van der Waals surface area contributed by atoms with Gasteiger partial charge in [-0.1, -0.05) is 23.5 Å².